The van der Waals surface area contributed by atoms with E-state index in [0.717, 1.165) is 30.5 Å². The minimum atomic E-state index is 0.303. The van der Waals surface area contributed by atoms with Crippen LogP contribution in [-0.4, -0.2) is 41.8 Å². The minimum Gasteiger partial charge on any atom is -0.496 e. The molecule has 128 valence electrons. The Kier molecular flexibility index (Phi) is 4.67. The van der Waals surface area contributed by atoms with Gasteiger partial charge in [-0.2, -0.15) is 0 Å². The third kappa shape index (κ3) is 3.39. The normalized spacial score (nSPS) is 19.4. The maximum Gasteiger partial charge on any atom is 0.205 e. The summed E-state index contributed by atoms with van der Waals surface area (Å²) in [5, 5.41) is 14.3. The first kappa shape index (κ1) is 15.8. The number of nitrogens with one attached hydrogen (secondary N) is 1. The van der Waals surface area contributed by atoms with E-state index in [1.54, 1.807) is 18.4 Å². The second-order valence-corrected chi connectivity index (χ2v) is 7.61. The van der Waals surface area contributed by atoms with Gasteiger partial charge in [-0.05, 0) is 44.8 Å². The molecule has 0 bridgehead atoms. The summed E-state index contributed by atoms with van der Waals surface area (Å²) in [6, 6.07) is 8.66. The molecule has 1 saturated carbocycles. The molecule has 1 atom stereocenters. The lowest BCUT2D eigenvalue weighted by atomic mass is 10.0. The quantitative estimate of drug-likeness (QED) is 0.830. The lowest BCUT2D eigenvalue weighted by Gasteiger charge is -2.29. The van der Waals surface area contributed by atoms with Gasteiger partial charge < -0.3 is 10.1 Å². The zero-order chi connectivity index (χ0) is 16.4. The van der Waals surface area contributed by atoms with Crippen molar-refractivity contribution in [3.8, 4) is 5.75 Å². The van der Waals surface area contributed by atoms with Gasteiger partial charge in [0.05, 0.1) is 13.2 Å². The van der Waals surface area contributed by atoms with E-state index in [1.165, 1.54) is 36.3 Å². The lowest BCUT2D eigenvalue weighted by molar-refractivity contribution is 0.249. The average Bonchev–Trinajstić information content (AvgIpc) is 3.12. The largest absolute Gasteiger partial charge is 0.496 e. The van der Waals surface area contributed by atoms with Crippen LogP contribution in [0.2, 0.25) is 0 Å². The van der Waals surface area contributed by atoms with Crippen molar-refractivity contribution in [2.45, 2.75) is 37.6 Å². The summed E-state index contributed by atoms with van der Waals surface area (Å²) in [6.45, 7) is 3.13. The molecule has 0 spiro atoms. The first-order chi connectivity index (χ1) is 11.8. The van der Waals surface area contributed by atoms with Crippen LogP contribution < -0.4 is 10.1 Å². The number of nitrogens with zero attached hydrogens (tertiary/aromatic N) is 3. The van der Waals surface area contributed by atoms with E-state index in [9.17, 15) is 0 Å². The highest BCUT2D eigenvalue weighted by Gasteiger charge is 2.29. The highest BCUT2D eigenvalue weighted by Crippen LogP contribution is 2.42. The molecule has 6 heteroatoms. The van der Waals surface area contributed by atoms with E-state index in [1.807, 2.05) is 6.07 Å². The van der Waals surface area contributed by atoms with Gasteiger partial charge in [-0.15, -0.1) is 10.2 Å². The van der Waals surface area contributed by atoms with Crippen LogP contribution in [-0.2, 0) is 0 Å². The highest BCUT2D eigenvalue weighted by molar-refractivity contribution is 7.15. The Bertz CT molecular complexity index is 679. The summed E-state index contributed by atoms with van der Waals surface area (Å²) >= 11 is 1.71. The molecule has 24 heavy (non-hydrogen) atoms. The van der Waals surface area contributed by atoms with Crippen molar-refractivity contribution < 1.29 is 4.74 Å². The van der Waals surface area contributed by atoms with Crippen LogP contribution in [0.5, 0.6) is 5.75 Å². The van der Waals surface area contributed by atoms with Crippen LogP contribution in [0.1, 0.15) is 48.2 Å². The maximum absolute atomic E-state index is 5.60. The molecule has 4 rings (SSSR count). The first-order valence-corrected chi connectivity index (χ1v) is 9.61. The number of benzene rings is 1. The van der Waals surface area contributed by atoms with Crippen molar-refractivity contribution in [1.29, 1.82) is 0 Å². The van der Waals surface area contributed by atoms with Crippen molar-refractivity contribution >= 4 is 16.5 Å². The van der Waals surface area contributed by atoms with Crippen LogP contribution in [0, 0.1) is 0 Å². The van der Waals surface area contributed by atoms with Crippen molar-refractivity contribution in [2.24, 2.45) is 0 Å². The first-order valence-electron chi connectivity index (χ1n) is 8.79. The number of para-hydroxylation sites is 1. The van der Waals surface area contributed by atoms with Gasteiger partial charge in [0.25, 0.3) is 0 Å². The summed E-state index contributed by atoms with van der Waals surface area (Å²) in [7, 11) is 1.75. The molecule has 2 heterocycles. The van der Waals surface area contributed by atoms with E-state index in [-0.39, 0.29) is 0 Å². The fraction of sp³-hybridized carbons (Fsp3) is 0.556. The molecule has 0 radical (unpaired) electrons. The molecule has 1 N–H and O–H groups in total. The topological polar surface area (TPSA) is 50.3 Å². The Balaban J connectivity index is 1.51. The SMILES string of the molecule is COc1ccccc1C(CNc1nnc(C2CC2)s1)N1CCCC1. The zero-order valence-electron chi connectivity index (χ0n) is 14.1. The van der Waals surface area contributed by atoms with Gasteiger partial charge in [-0.1, -0.05) is 29.5 Å². The summed E-state index contributed by atoms with van der Waals surface area (Å²) in [6.07, 6.45) is 5.09. The highest BCUT2D eigenvalue weighted by atomic mass is 32.1. The predicted molar refractivity (Wildman–Crippen MR) is 96.9 cm³/mol. The van der Waals surface area contributed by atoms with Crippen LogP contribution in [0.3, 0.4) is 0 Å². The van der Waals surface area contributed by atoms with Crippen molar-refractivity contribution in [2.75, 3.05) is 32.1 Å². The lowest BCUT2D eigenvalue weighted by Crippen LogP contribution is -2.31. The Morgan fingerprint density at radius 1 is 1.25 bits per heavy atom. The second-order valence-electron chi connectivity index (χ2n) is 6.60. The standard InChI is InChI=1S/C18H24N4OS/c1-23-16-7-3-2-6-14(16)15(22-10-4-5-11-22)12-19-18-21-20-17(24-18)13-8-9-13/h2-3,6-7,13,15H,4-5,8-12H2,1H3,(H,19,21). The molecule has 2 aromatic rings. The van der Waals surface area contributed by atoms with E-state index >= 15 is 0 Å². The van der Waals surface area contributed by atoms with Crippen molar-refractivity contribution in [1.82, 2.24) is 15.1 Å². The minimum absolute atomic E-state index is 0.303. The van der Waals surface area contributed by atoms with Crippen LogP contribution in [0.25, 0.3) is 0 Å². The fourth-order valence-electron chi connectivity index (χ4n) is 3.42. The van der Waals surface area contributed by atoms with Gasteiger partial charge in [0.15, 0.2) is 0 Å². The van der Waals surface area contributed by atoms with Gasteiger partial charge >= 0.3 is 0 Å². The molecular weight excluding hydrogens is 320 g/mol. The van der Waals surface area contributed by atoms with E-state index in [2.05, 4.69) is 38.6 Å². The summed E-state index contributed by atoms with van der Waals surface area (Å²) in [5.74, 6) is 1.63. The van der Waals surface area contributed by atoms with Gasteiger partial charge in [0.1, 0.15) is 10.8 Å². The molecule has 1 aromatic carbocycles. The van der Waals surface area contributed by atoms with Crippen LogP contribution >= 0.6 is 11.3 Å². The maximum atomic E-state index is 5.60. The van der Waals surface area contributed by atoms with Crippen molar-refractivity contribution in [3.05, 3.63) is 34.8 Å². The zero-order valence-corrected chi connectivity index (χ0v) is 14.9. The average molecular weight is 344 g/mol. The van der Waals surface area contributed by atoms with E-state index in [0.29, 0.717) is 12.0 Å². The molecule has 1 saturated heterocycles. The number of hydrogen-bond acceptors (Lipinski definition) is 6. The number of aromatic nitrogens is 2. The van der Waals surface area contributed by atoms with Crippen LogP contribution in [0.4, 0.5) is 5.13 Å². The molecule has 0 amide bonds. The van der Waals surface area contributed by atoms with Gasteiger partial charge in [-0.3, -0.25) is 4.90 Å². The monoisotopic (exact) mass is 344 g/mol. The fourth-order valence-corrected chi connectivity index (χ4v) is 4.34. The third-order valence-electron chi connectivity index (χ3n) is 4.89. The smallest absolute Gasteiger partial charge is 0.205 e. The molecular formula is C18H24N4OS. The number of methoxy groups -OCH3 is 1. The Morgan fingerprint density at radius 2 is 2.04 bits per heavy atom. The number of anilines is 1. The molecule has 1 aliphatic heterocycles. The number of rotatable bonds is 7. The molecule has 1 aromatic heterocycles. The molecule has 1 unspecified atom stereocenters. The molecule has 1 aliphatic carbocycles. The molecule has 2 fully saturated rings. The Morgan fingerprint density at radius 3 is 2.79 bits per heavy atom. The van der Waals surface area contributed by atoms with Crippen LogP contribution in [0.15, 0.2) is 24.3 Å². The summed E-state index contributed by atoms with van der Waals surface area (Å²) < 4.78 is 5.60. The summed E-state index contributed by atoms with van der Waals surface area (Å²) in [5.41, 5.74) is 1.25. The van der Waals surface area contributed by atoms with Crippen molar-refractivity contribution in [3.63, 3.8) is 0 Å². The Hall–Kier alpha value is -1.66. The molecule has 2 aliphatic rings. The number of ether oxygens (including phenoxy) is 1. The van der Waals surface area contributed by atoms with E-state index < -0.39 is 0 Å². The number of hydrogen-bond donors (Lipinski definition) is 1. The number of likely N-dealkylation sites (tertiary alicyclic amines) is 1. The van der Waals surface area contributed by atoms with E-state index in [4.69, 9.17) is 4.74 Å². The second kappa shape index (κ2) is 7.07. The Labute approximate surface area is 147 Å². The predicted octanol–water partition coefficient (Wildman–Crippen LogP) is 3.67. The van der Waals surface area contributed by atoms with Gasteiger partial charge in [0, 0.05) is 18.0 Å². The van der Waals surface area contributed by atoms with Gasteiger partial charge in [-0.25, -0.2) is 0 Å². The molecule has 5 nitrogen and oxygen atoms in total. The third-order valence-corrected chi connectivity index (χ3v) is 5.94. The summed E-state index contributed by atoms with van der Waals surface area (Å²) in [4.78, 5) is 2.55. The van der Waals surface area contributed by atoms with Gasteiger partial charge in [0.2, 0.25) is 5.13 Å².